The quantitative estimate of drug-likeness (QED) is 0.850. The highest BCUT2D eigenvalue weighted by Crippen LogP contribution is 2.28. The van der Waals surface area contributed by atoms with Crippen LogP contribution in [-0.4, -0.2) is 36.5 Å². The highest BCUT2D eigenvalue weighted by Gasteiger charge is 2.38. The Morgan fingerprint density at radius 2 is 2.00 bits per heavy atom. The molecule has 2 aromatic rings. The van der Waals surface area contributed by atoms with Gasteiger partial charge in [-0.2, -0.15) is 0 Å². The van der Waals surface area contributed by atoms with Crippen molar-refractivity contribution in [3.63, 3.8) is 0 Å². The van der Waals surface area contributed by atoms with Crippen LogP contribution < -0.4 is 11.1 Å². The third-order valence-corrected chi connectivity index (χ3v) is 4.67. The summed E-state index contributed by atoms with van der Waals surface area (Å²) in [6, 6.07) is 11.2. The van der Waals surface area contributed by atoms with Crippen LogP contribution in [0.1, 0.15) is 17.0 Å². The summed E-state index contributed by atoms with van der Waals surface area (Å²) in [5, 5.41) is 3.11. The highest BCUT2D eigenvalue weighted by atomic mass is 16.3. The molecule has 3 heterocycles. The van der Waals surface area contributed by atoms with E-state index < -0.39 is 0 Å². The third kappa shape index (κ3) is 2.37. The second kappa shape index (κ2) is 5.18. The normalized spacial score (nSPS) is 26.3. The molecule has 2 fully saturated rings. The van der Waals surface area contributed by atoms with Gasteiger partial charge in [0.15, 0.2) is 5.76 Å². The minimum absolute atomic E-state index is 0.125. The van der Waals surface area contributed by atoms with E-state index >= 15 is 0 Å². The zero-order chi connectivity index (χ0) is 15.1. The number of fused-ring (bicyclic) bond motifs is 2. The number of anilines is 1. The van der Waals surface area contributed by atoms with Gasteiger partial charge in [0.25, 0.3) is 5.91 Å². The lowest BCUT2D eigenvalue weighted by Crippen LogP contribution is -2.43. The lowest BCUT2D eigenvalue weighted by atomic mass is 10.00. The predicted octanol–water partition coefficient (Wildman–Crippen LogP) is 1.96. The average molecular weight is 297 g/mol. The molecule has 1 aromatic carbocycles. The van der Waals surface area contributed by atoms with Gasteiger partial charge >= 0.3 is 0 Å². The molecule has 4 rings (SSSR count). The van der Waals surface area contributed by atoms with Gasteiger partial charge in [0.2, 0.25) is 0 Å². The Kier molecular flexibility index (Phi) is 3.15. The van der Waals surface area contributed by atoms with Crippen LogP contribution in [0.5, 0.6) is 0 Å². The lowest BCUT2D eigenvalue weighted by Gasteiger charge is -2.22. The summed E-state index contributed by atoms with van der Waals surface area (Å²) < 4.78 is 5.70. The van der Waals surface area contributed by atoms with Crippen molar-refractivity contribution in [3.8, 4) is 11.3 Å². The van der Waals surface area contributed by atoms with Crippen molar-refractivity contribution in [1.82, 2.24) is 10.2 Å². The molecule has 5 nitrogen and oxygen atoms in total. The minimum atomic E-state index is -0.125. The molecule has 2 aliphatic rings. The molecule has 2 saturated heterocycles. The number of piperidine rings is 1. The Morgan fingerprint density at radius 3 is 2.68 bits per heavy atom. The van der Waals surface area contributed by atoms with Crippen LogP contribution in [0, 0.1) is 5.92 Å². The maximum atomic E-state index is 12.3. The van der Waals surface area contributed by atoms with Gasteiger partial charge in [0, 0.05) is 30.4 Å². The van der Waals surface area contributed by atoms with Crippen molar-refractivity contribution in [3.05, 3.63) is 42.2 Å². The van der Waals surface area contributed by atoms with Crippen molar-refractivity contribution < 1.29 is 9.21 Å². The van der Waals surface area contributed by atoms with Crippen LogP contribution in [0.3, 0.4) is 0 Å². The minimum Gasteiger partial charge on any atom is -0.451 e. The highest BCUT2D eigenvalue weighted by molar-refractivity contribution is 5.92. The molecule has 22 heavy (non-hydrogen) atoms. The molecule has 2 aliphatic heterocycles. The fraction of sp³-hybridized carbons (Fsp3) is 0.353. The molecule has 0 spiro atoms. The summed E-state index contributed by atoms with van der Waals surface area (Å²) in [5.41, 5.74) is 7.30. The Bertz CT molecular complexity index is 692. The van der Waals surface area contributed by atoms with Crippen LogP contribution in [0.15, 0.2) is 40.8 Å². The summed E-state index contributed by atoms with van der Waals surface area (Å²) in [5.74, 6) is 1.52. The fourth-order valence-corrected chi connectivity index (χ4v) is 3.45. The SMILES string of the molecule is Nc1ccc(-c2ccc(C(=O)N[C@H]3CN4CC[C@H]3C4)o2)cc1. The Hall–Kier alpha value is -2.27. The van der Waals surface area contributed by atoms with E-state index in [-0.39, 0.29) is 11.9 Å². The van der Waals surface area contributed by atoms with Gasteiger partial charge in [-0.25, -0.2) is 0 Å². The van der Waals surface area contributed by atoms with Gasteiger partial charge in [-0.1, -0.05) is 0 Å². The van der Waals surface area contributed by atoms with Crippen molar-refractivity contribution >= 4 is 11.6 Å². The monoisotopic (exact) mass is 297 g/mol. The number of nitrogens with zero attached hydrogens (tertiary/aromatic N) is 1. The zero-order valence-electron chi connectivity index (χ0n) is 12.3. The smallest absolute Gasteiger partial charge is 0.287 e. The second-order valence-electron chi connectivity index (χ2n) is 6.17. The number of benzene rings is 1. The number of amides is 1. The number of carbonyl (C=O) groups is 1. The maximum Gasteiger partial charge on any atom is 0.287 e. The van der Waals surface area contributed by atoms with Gasteiger partial charge in [-0.3, -0.25) is 4.79 Å². The summed E-state index contributed by atoms with van der Waals surface area (Å²) in [4.78, 5) is 14.7. The van der Waals surface area contributed by atoms with E-state index in [4.69, 9.17) is 10.2 Å². The Morgan fingerprint density at radius 1 is 1.18 bits per heavy atom. The standard InChI is InChI=1S/C17H19N3O2/c18-13-3-1-11(2-4-13)15-5-6-16(22-15)17(21)19-14-10-20-8-7-12(14)9-20/h1-6,12,14H,7-10,18H2,(H,19,21)/t12-,14-/m0/s1. The molecule has 1 aromatic heterocycles. The second-order valence-corrected chi connectivity index (χ2v) is 6.17. The van der Waals surface area contributed by atoms with E-state index in [1.54, 1.807) is 6.07 Å². The third-order valence-electron chi connectivity index (χ3n) is 4.67. The molecule has 2 bridgehead atoms. The van der Waals surface area contributed by atoms with Crippen LogP contribution in [-0.2, 0) is 0 Å². The summed E-state index contributed by atoms with van der Waals surface area (Å²) in [6.45, 7) is 3.24. The number of carbonyl (C=O) groups excluding carboxylic acids is 1. The lowest BCUT2D eigenvalue weighted by molar-refractivity contribution is 0.0897. The average Bonchev–Trinajstić information content (AvgIpc) is 3.24. The van der Waals surface area contributed by atoms with E-state index in [1.165, 1.54) is 13.0 Å². The van der Waals surface area contributed by atoms with Crippen LogP contribution in [0.4, 0.5) is 5.69 Å². The molecule has 0 radical (unpaired) electrons. The number of furan rings is 1. The number of hydrogen-bond donors (Lipinski definition) is 2. The van der Waals surface area contributed by atoms with E-state index in [0.29, 0.717) is 23.1 Å². The Labute approximate surface area is 129 Å². The molecular formula is C17H19N3O2. The van der Waals surface area contributed by atoms with E-state index in [2.05, 4.69) is 10.2 Å². The zero-order valence-corrected chi connectivity index (χ0v) is 12.3. The molecule has 5 heteroatoms. The Balaban J connectivity index is 1.46. The first-order valence-corrected chi connectivity index (χ1v) is 7.68. The number of rotatable bonds is 3. The van der Waals surface area contributed by atoms with Crippen molar-refractivity contribution in [2.24, 2.45) is 5.92 Å². The van der Waals surface area contributed by atoms with Crippen LogP contribution in [0.2, 0.25) is 0 Å². The van der Waals surface area contributed by atoms with Gasteiger partial charge in [0.05, 0.1) is 0 Å². The fourth-order valence-electron chi connectivity index (χ4n) is 3.45. The summed E-state index contributed by atoms with van der Waals surface area (Å²) >= 11 is 0. The molecule has 1 unspecified atom stereocenters. The summed E-state index contributed by atoms with van der Waals surface area (Å²) in [7, 11) is 0. The van der Waals surface area contributed by atoms with Crippen molar-refractivity contribution in [1.29, 1.82) is 0 Å². The van der Waals surface area contributed by atoms with Gasteiger partial charge in [-0.15, -0.1) is 0 Å². The first-order chi connectivity index (χ1) is 10.7. The van der Waals surface area contributed by atoms with Crippen molar-refractivity contribution in [2.75, 3.05) is 25.4 Å². The molecule has 114 valence electrons. The topological polar surface area (TPSA) is 71.5 Å². The number of hydrogen-bond acceptors (Lipinski definition) is 4. The molecular weight excluding hydrogens is 278 g/mol. The van der Waals surface area contributed by atoms with E-state index in [9.17, 15) is 4.79 Å². The van der Waals surface area contributed by atoms with E-state index in [1.807, 2.05) is 30.3 Å². The molecule has 3 N–H and O–H groups in total. The van der Waals surface area contributed by atoms with Gasteiger partial charge in [0.1, 0.15) is 5.76 Å². The predicted molar refractivity (Wildman–Crippen MR) is 84.4 cm³/mol. The molecule has 1 amide bonds. The summed E-state index contributed by atoms with van der Waals surface area (Å²) in [6.07, 6.45) is 1.18. The van der Waals surface area contributed by atoms with Gasteiger partial charge < -0.3 is 20.4 Å². The number of nitrogens with two attached hydrogens (primary N) is 1. The van der Waals surface area contributed by atoms with E-state index in [0.717, 1.165) is 18.7 Å². The first-order valence-electron chi connectivity index (χ1n) is 7.68. The number of nitrogen functional groups attached to an aromatic ring is 1. The van der Waals surface area contributed by atoms with Crippen LogP contribution >= 0.6 is 0 Å². The number of nitrogens with one attached hydrogen (secondary N) is 1. The molecule has 0 aliphatic carbocycles. The largest absolute Gasteiger partial charge is 0.451 e. The molecule has 0 saturated carbocycles. The molecule has 3 atom stereocenters. The van der Waals surface area contributed by atoms with Gasteiger partial charge in [-0.05, 0) is 55.3 Å². The van der Waals surface area contributed by atoms with Crippen molar-refractivity contribution in [2.45, 2.75) is 12.5 Å². The maximum absolute atomic E-state index is 12.3. The first kappa shape index (κ1) is 13.4. The van der Waals surface area contributed by atoms with Crippen LogP contribution in [0.25, 0.3) is 11.3 Å².